The highest BCUT2D eigenvalue weighted by Crippen LogP contribution is 2.24. The van der Waals surface area contributed by atoms with Crippen LogP contribution in [0.1, 0.15) is 57.7 Å². The average Bonchev–Trinajstić information content (AvgIpc) is 3.11. The van der Waals surface area contributed by atoms with Crippen LogP contribution in [-0.2, 0) is 43.1 Å². The van der Waals surface area contributed by atoms with Gasteiger partial charge in [0, 0.05) is 13.0 Å². The van der Waals surface area contributed by atoms with Crippen molar-refractivity contribution in [2.45, 2.75) is 96.2 Å². The number of aliphatic hydroxyl groups is 1. The smallest absolute Gasteiger partial charge is 0.407 e. The number of rotatable bonds is 10. The van der Waals surface area contributed by atoms with Gasteiger partial charge in [-0.1, -0.05) is 74.9 Å². The molecule has 0 radical (unpaired) electrons. The first kappa shape index (κ1) is 39.8. The van der Waals surface area contributed by atoms with Gasteiger partial charge in [-0.25, -0.2) is 9.59 Å². The number of carbonyl (C=O) groups excluding carboxylic acids is 4. The highest BCUT2D eigenvalue weighted by molar-refractivity contribution is 5.92. The predicted octanol–water partition coefficient (Wildman–Crippen LogP) is 4.22. The molecule has 2 aliphatic heterocycles. The van der Waals surface area contributed by atoms with Crippen LogP contribution in [0, 0.1) is 5.92 Å². The van der Waals surface area contributed by atoms with Gasteiger partial charge >= 0.3 is 12.1 Å². The second-order valence-electron chi connectivity index (χ2n) is 14.2. The van der Waals surface area contributed by atoms with Crippen LogP contribution in [-0.4, -0.2) is 78.5 Å². The van der Waals surface area contributed by atoms with Gasteiger partial charge in [0.2, 0.25) is 11.8 Å². The molecule has 0 fully saturated rings. The van der Waals surface area contributed by atoms with Crippen molar-refractivity contribution in [2.24, 2.45) is 5.92 Å². The normalized spacial score (nSPS) is 19.9. The highest BCUT2D eigenvalue weighted by Gasteiger charge is 2.33. The Morgan fingerprint density at radius 2 is 1.63 bits per heavy atom. The van der Waals surface area contributed by atoms with Crippen LogP contribution in [0.25, 0.3) is 0 Å². The fraction of sp³-hybridized carbons (Fsp3) is 0.450. The maximum Gasteiger partial charge on any atom is 0.407 e. The molecular formula is C40H52N4O8. The number of aliphatic hydroxyl groups excluding tert-OH is 1. The van der Waals surface area contributed by atoms with Crippen molar-refractivity contribution >= 4 is 23.9 Å². The Morgan fingerprint density at radius 1 is 0.923 bits per heavy atom. The van der Waals surface area contributed by atoms with Gasteiger partial charge in [-0.3, -0.25) is 9.59 Å². The first-order chi connectivity index (χ1) is 24.7. The van der Waals surface area contributed by atoms with E-state index in [1.807, 2.05) is 68.4 Å². The van der Waals surface area contributed by atoms with Gasteiger partial charge in [0.05, 0.1) is 25.3 Å². The Morgan fingerprint density at radius 3 is 2.29 bits per heavy atom. The zero-order chi connectivity index (χ0) is 37.8. The number of benzene rings is 3. The summed E-state index contributed by atoms with van der Waals surface area (Å²) in [6, 6.07) is 20.3. The lowest BCUT2D eigenvalue weighted by molar-refractivity contribution is -0.145. The summed E-state index contributed by atoms with van der Waals surface area (Å²) in [6.45, 7) is 8.95. The topological polar surface area (TPSA) is 164 Å². The van der Waals surface area contributed by atoms with Crippen LogP contribution in [0.15, 0.2) is 78.9 Å². The molecule has 0 aromatic heterocycles. The lowest BCUT2D eigenvalue weighted by atomic mass is 9.96. The second-order valence-corrected chi connectivity index (χ2v) is 14.2. The van der Waals surface area contributed by atoms with Crippen molar-refractivity contribution < 1.29 is 38.5 Å². The van der Waals surface area contributed by atoms with Crippen LogP contribution < -0.4 is 26.0 Å². The summed E-state index contributed by atoms with van der Waals surface area (Å²) in [5.74, 6) is -0.792. The lowest BCUT2D eigenvalue weighted by Crippen LogP contribution is -2.59. The van der Waals surface area contributed by atoms with Crippen molar-refractivity contribution in [3.05, 3.63) is 95.6 Å². The molecular weight excluding hydrogens is 664 g/mol. The molecule has 3 aromatic carbocycles. The van der Waals surface area contributed by atoms with E-state index in [4.69, 9.17) is 14.2 Å². The Balaban J connectivity index is 1.63. The largest absolute Gasteiger partial charge is 0.467 e. The first-order valence-corrected chi connectivity index (χ1v) is 17.7. The fourth-order valence-electron chi connectivity index (χ4n) is 5.86. The van der Waals surface area contributed by atoms with E-state index < -0.39 is 59.7 Å². The number of esters is 1. The number of hydrogen-bond acceptors (Lipinski definition) is 9. The van der Waals surface area contributed by atoms with E-state index in [1.54, 1.807) is 45.0 Å². The third-order valence-corrected chi connectivity index (χ3v) is 8.89. The van der Waals surface area contributed by atoms with Crippen LogP contribution in [0.5, 0.6) is 11.5 Å². The molecule has 12 heteroatoms. The van der Waals surface area contributed by atoms with Gasteiger partial charge in [-0.05, 0) is 80.5 Å². The predicted molar refractivity (Wildman–Crippen MR) is 197 cm³/mol. The molecule has 3 aromatic rings. The number of fused-ring (bicyclic) bond motifs is 10. The van der Waals surface area contributed by atoms with Gasteiger partial charge in [-0.2, -0.15) is 0 Å². The molecule has 0 aliphatic carbocycles. The first-order valence-electron chi connectivity index (χ1n) is 17.7. The van der Waals surface area contributed by atoms with E-state index in [0.29, 0.717) is 24.3 Å². The van der Waals surface area contributed by atoms with Crippen LogP contribution in [0.4, 0.5) is 4.79 Å². The molecule has 3 amide bonds. The number of methoxy groups -OCH3 is 1. The maximum absolute atomic E-state index is 14.1. The van der Waals surface area contributed by atoms with Crippen molar-refractivity contribution in [3.8, 4) is 11.5 Å². The molecule has 2 heterocycles. The van der Waals surface area contributed by atoms with E-state index in [-0.39, 0.29) is 25.3 Å². The summed E-state index contributed by atoms with van der Waals surface area (Å²) in [5.41, 5.74) is 1.69. The summed E-state index contributed by atoms with van der Waals surface area (Å²) in [5, 5.41) is 23.2. The summed E-state index contributed by atoms with van der Waals surface area (Å²) in [6.07, 6.45) is -0.592. The molecule has 5 N–H and O–H groups in total. The Hall–Kier alpha value is -4.94. The van der Waals surface area contributed by atoms with Crippen LogP contribution in [0.3, 0.4) is 0 Å². The molecule has 280 valence electrons. The number of carbonyl (C=O) groups is 4. The number of ether oxygens (including phenoxy) is 3. The van der Waals surface area contributed by atoms with Gasteiger partial charge in [0.15, 0.2) is 0 Å². The maximum atomic E-state index is 14.1. The number of alkyl carbamates (subject to hydrolysis) is 1. The molecule has 0 unspecified atom stereocenters. The second kappa shape index (κ2) is 18.5. The molecule has 5 rings (SSSR count). The van der Waals surface area contributed by atoms with Crippen molar-refractivity contribution in [1.82, 2.24) is 21.3 Å². The van der Waals surface area contributed by atoms with Crippen molar-refractivity contribution in [3.63, 3.8) is 0 Å². The van der Waals surface area contributed by atoms with Gasteiger partial charge < -0.3 is 40.6 Å². The Labute approximate surface area is 306 Å². The van der Waals surface area contributed by atoms with Gasteiger partial charge in [0.1, 0.15) is 29.2 Å². The third-order valence-electron chi connectivity index (χ3n) is 8.89. The summed E-state index contributed by atoms with van der Waals surface area (Å²) >= 11 is 0. The van der Waals surface area contributed by atoms with E-state index in [1.165, 1.54) is 7.11 Å². The van der Waals surface area contributed by atoms with Crippen molar-refractivity contribution in [1.29, 1.82) is 0 Å². The molecule has 4 bridgehead atoms. The molecule has 0 spiro atoms. The van der Waals surface area contributed by atoms with Crippen LogP contribution >= 0.6 is 0 Å². The molecule has 0 saturated heterocycles. The van der Waals surface area contributed by atoms with Gasteiger partial charge in [0.25, 0.3) is 0 Å². The molecule has 0 saturated carbocycles. The van der Waals surface area contributed by atoms with Crippen LogP contribution in [0.2, 0.25) is 0 Å². The van der Waals surface area contributed by atoms with E-state index in [0.717, 1.165) is 16.7 Å². The quantitative estimate of drug-likeness (QED) is 0.193. The zero-order valence-corrected chi connectivity index (χ0v) is 30.8. The van der Waals surface area contributed by atoms with E-state index in [9.17, 15) is 24.3 Å². The lowest BCUT2D eigenvalue weighted by Gasteiger charge is -2.30. The SMILES string of the molecule is CC[C@H](C)[C@@H]1NC(=O)[C@@H](NC[C@H](O)[C@H](Cc2ccccc2)NC(=O)OC(C)(C)C)Cc2ccc(cc2)Oc2cccc(c2)C[C@@H](C(=O)OC)NC1=O. The summed E-state index contributed by atoms with van der Waals surface area (Å²) < 4.78 is 16.6. The fourth-order valence-corrected chi connectivity index (χ4v) is 5.86. The monoisotopic (exact) mass is 716 g/mol. The van der Waals surface area contributed by atoms with E-state index in [2.05, 4.69) is 21.3 Å². The Kier molecular flexibility index (Phi) is 14.2. The van der Waals surface area contributed by atoms with Gasteiger partial charge in [-0.15, -0.1) is 0 Å². The summed E-state index contributed by atoms with van der Waals surface area (Å²) in [4.78, 5) is 53.6. The average molecular weight is 717 g/mol. The summed E-state index contributed by atoms with van der Waals surface area (Å²) in [7, 11) is 1.26. The highest BCUT2D eigenvalue weighted by atomic mass is 16.6. The molecule has 52 heavy (non-hydrogen) atoms. The molecule has 6 atom stereocenters. The molecule has 2 aliphatic rings. The number of amides is 3. The minimum Gasteiger partial charge on any atom is -0.467 e. The third kappa shape index (κ3) is 12.1. The number of nitrogens with one attached hydrogen (secondary N) is 4. The minimum atomic E-state index is -1.13. The number of hydrogen-bond donors (Lipinski definition) is 5. The molecule has 12 nitrogen and oxygen atoms in total. The zero-order valence-electron chi connectivity index (χ0n) is 30.8. The minimum absolute atomic E-state index is 0.0766. The standard InChI is InChI=1S/C40H52N4O8/c1-7-25(2)35-37(47)42-33(38(48)50-6)23-28-14-11-15-30(20-28)51-29-18-16-27(17-19-29)22-32(36(46)44-35)41-24-34(45)31(21-26-12-9-8-10-13-26)43-39(49)52-40(3,4)5/h8-20,25,31-35,41,45H,7,21-24H2,1-6H3,(H,42,47)(H,43,49)(H,44,46)/t25-,31-,32-,33-,34-,35-/m0/s1. The van der Waals surface area contributed by atoms with Crippen molar-refractivity contribution in [2.75, 3.05) is 13.7 Å². The Bertz CT molecular complexity index is 1640. The van der Waals surface area contributed by atoms with E-state index >= 15 is 0 Å².